The summed E-state index contributed by atoms with van der Waals surface area (Å²) in [7, 11) is 0. The molecule has 0 fully saturated rings. The van der Waals surface area contributed by atoms with Crippen molar-refractivity contribution in [3.8, 4) is 0 Å². The number of nitro benzene ring substituents is 1. The van der Waals surface area contributed by atoms with Gasteiger partial charge in [0.1, 0.15) is 11.9 Å². The summed E-state index contributed by atoms with van der Waals surface area (Å²) in [4.78, 5) is 22.0. The zero-order chi connectivity index (χ0) is 16.1. The van der Waals surface area contributed by atoms with Crippen LogP contribution in [-0.2, 0) is 0 Å². The number of nitrogens with one attached hydrogen (secondary N) is 2. The van der Waals surface area contributed by atoms with E-state index in [-0.39, 0.29) is 12.2 Å². The van der Waals surface area contributed by atoms with Gasteiger partial charge >= 0.3 is 6.03 Å². The van der Waals surface area contributed by atoms with Gasteiger partial charge in [-0.3, -0.25) is 10.1 Å². The van der Waals surface area contributed by atoms with Crippen molar-refractivity contribution >= 4 is 17.4 Å². The summed E-state index contributed by atoms with van der Waals surface area (Å²) in [5, 5.41) is 25.5. The number of aryl methyl sites for hydroxylation is 1. The second-order valence-electron chi connectivity index (χ2n) is 4.62. The molecular weight excluding hydrogens is 290 g/mol. The number of anilines is 1. The van der Waals surface area contributed by atoms with Gasteiger partial charge < -0.3 is 20.2 Å². The van der Waals surface area contributed by atoms with Gasteiger partial charge in [-0.1, -0.05) is 6.07 Å². The number of nitro groups is 1. The van der Waals surface area contributed by atoms with Crippen LogP contribution in [-0.4, -0.2) is 22.6 Å². The minimum atomic E-state index is -0.965. The summed E-state index contributed by atoms with van der Waals surface area (Å²) < 4.78 is 5.00. The number of aliphatic hydroxyl groups excluding tert-OH is 1. The molecule has 1 atom stereocenters. The molecule has 0 aliphatic rings. The fourth-order valence-electron chi connectivity index (χ4n) is 1.83. The third kappa shape index (κ3) is 3.83. The Morgan fingerprint density at radius 1 is 1.45 bits per heavy atom. The van der Waals surface area contributed by atoms with E-state index in [2.05, 4.69) is 10.6 Å². The van der Waals surface area contributed by atoms with E-state index in [1.807, 2.05) is 0 Å². The molecule has 2 aromatic rings. The molecule has 1 heterocycles. The van der Waals surface area contributed by atoms with Crippen molar-refractivity contribution < 1.29 is 19.2 Å². The van der Waals surface area contributed by atoms with Gasteiger partial charge in [0.25, 0.3) is 5.69 Å². The Hall–Kier alpha value is -2.87. The molecule has 0 spiro atoms. The number of furan rings is 1. The van der Waals surface area contributed by atoms with Crippen LogP contribution in [0.5, 0.6) is 0 Å². The van der Waals surface area contributed by atoms with Gasteiger partial charge in [-0.05, 0) is 25.1 Å². The number of benzene rings is 1. The molecule has 116 valence electrons. The number of hydrogen-bond donors (Lipinski definition) is 3. The summed E-state index contributed by atoms with van der Waals surface area (Å²) in [6.45, 7) is 1.56. The second-order valence-corrected chi connectivity index (χ2v) is 4.62. The van der Waals surface area contributed by atoms with E-state index in [0.29, 0.717) is 17.0 Å². The number of aliphatic hydroxyl groups is 1. The quantitative estimate of drug-likeness (QED) is 0.579. The van der Waals surface area contributed by atoms with Gasteiger partial charge in [-0.15, -0.1) is 0 Å². The third-order valence-corrected chi connectivity index (χ3v) is 2.99. The number of rotatable bonds is 5. The minimum absolute atomic E-state index is 0.0483. The van der Waals surface area contributed by atoms with E-state index in [4.69, 9.17) is 4.42 Å². The first-order valence-electron chi connectivity index (χ1n) is 6.48. The average Bonchev–Trinajstić information content (AvgIpc) is 3.01. The molecule has 8 heteroatoms. The highest BCUT2D eigenvalue weighted by Gasteiger charge is 2.14. The van der Waals surface area contributed by atoms with Gasteiger partial charge in [0.15, 0.2) is 0 Å². The number of nitrogens with zero attached hydrogens (tertiary/aromatic N) is 1. The fraction of sp³-hybridized carbons (Fsp3) is 0.214. The molecule has 0 saturated heterocycles. The number of hydrogen-bond acceptors (Lipinski definition) is 5. The van der Waals surface area contributed by atoms with Crippen LogP contribution in [0.2, 0.25) is 0 Å². The molecular formula is C14H15N3O5. The van der Waals surface area contributed by atoms with Crippen LogP contribution in [0.3, 0.4) is 0 Å². The summed E-state index contributed by atoms with van der Waals surface area (Å²) >= 11 is 0. The van der Waals surface area contributed by atoms with Crippen molar-refractivity contribution in [3.05, 3.63) is 58.0 Å². The Bertz CT molecular complexity index is 669. The number of amides is 2. The van der Waals surface area contributed by atoms with Crippen LogP contribution in [0.4, 0.5) is 16.2 Å². The van der Waals surface area contributed by atoms with Crippen LogP contribution >= 0.6 is 0 Å². The standard InChI is InChI=1S/C14H15N3O5/c1-9-4-5-10(7-11(9)17(20)21)16-14(19)15-8-12(18)13-3-2-6-22-13/h2-7,12,18H,8H2,1H3,(H2,15,16,19). The molecule has 0 radical (unpaired) electrons. The lowest BCUT2D eigenvalue weighted by atomic mass is 10.2. The molecule has 22 heavy (non-hydrogen) atoms. The van der Waals surface area contributed by atoms with E-state index in [1.165, 1.54) is 12.3 Å². The SMILES string of the molecule is Cc1ccc(NC(=O)NCC(O)c2ccco2)cc1[N+](=O)[O-]. The molecule has 2 amide bonds. The maximum absolute atomic E-state index is 11.7. The summed E-state index contributed by atoms with van der Waals surface area (Å²) in [6, 6.07) is 7.02. The normalized spacial score (nSPS) is 11.7. The number of carbonyl (C=O) groups excluding carboxylic acids is 1. The Morgan fingerprint density at radius 3 is 2.86 bits per heavy atom. The predicted octanol–water partition coefficient (Wildman–Crippen LogP) is 2.35. The zero-order valence-corrected chi connectivity index (χ0v) is 11.8. The van der Waals surface area contributed by atoms with Gasteiger partial charge in [0.2, 0.25) is 0 Å². The highest BCUT2D eigenvalue weighted by Crippen LogP contribution is 2.22. The Balaban J connectivity index is 1.92. The first kappa shape index (κ1) is 15.5. The maximum Gasteiger partial charge on any atom is 0.319 e. The molecule has 0 bridgehead atoms. The van der Waals surface area contributed by atoms with E-state index in [0.717, 1.165) is 0 Å². The predicted molar refractivity (Wildman–Crippen MR) is 78.5 cm³/mol. The molecule has 2 rings (SSSR count). The van der Waals surface area contributed by atoms with E-state index >= 15 is 0 Å². The Morgan fingerprint density at radius 2 is 2.23 bits per heavy atom. The van der Waals surface area contributed by atoms with Crippen molar-refractivity contribution in [2.75, 3.05) is 11.9 Å². The van der Waals surface area contributed by atoms with Crippen LogP contribution in [0.25, 0.3) is 0 Å². The van der Waals surface area contributed by atoms with Crippen LogP contribution in [0, 0.1) is 17.0 Å². The molecule has 1 aromatic carbocycles. The molecule has 0 aliphatic carbocycles. The summed E-state index contributed by atoms with van der Waals surface area (Å²) in [5.41, 5.74) is 0.722. The molecule has 0 saturated carbocycles. The van der Waals surface area contributed by atoms with E-state index in [9.17, 15) is 20.0 Å². The molecule has 1 aromatic heterocycles. The van der Waals surface area contributed by atoms with Gasteiger partial charge in [0.05, 0.1) is 17.7 Å². The zero-order valence-electron chi connectivity index (χ0n) is 11.8. The number of urea groups is 1. The molecule has 3 N–H and O–H groups in total. The van der Waals surface area contributed by atoms with Crippen molar-refractivity contribution in [1.29, 1.82) is 0 Å². The van der Waals surface area contributed by atoms with Gasteiger partial charge in [-0.25, -0.2) is 4.79 Å². The molecule has 8 nitrogen and oxygen atoms in total. The van der Waals surface area contributed by atoms with E-state index < -0.39 is 17.1 Å². The van der Waals surface area contributed by atoms with Crippen LogP contribution < -0.4 is 10.6 Å². The summed E-state index contributed by atoms with van der Waals surface area (Å²) in [5.74, 6) is 0.339. The van der Waals surface area contributed by atoms with Crippen LogP contribution in [0.1, 0.15) is 17.4 Å². The minimum Gasteiger partial charge on any atom is -0.467 e. The van der Waals surface area contributed by atoms with Gasteiger partial charge in [0, 0.05) is 17.3 Å². The largest absolute Gasteiger partial charge is 0.467 e. The highest BCUT2D eigenvalue weighted by atomic mass is 16.6. The van der Waals surface area contributed by atoms with Crippen molar-refractivity contribution in [2.45, 2.75) is 13.0 Å². The van der Waals surface area contributed by atoms with Crippen molar-refractivity contribution in [2.24, 2.45) is 0 Å². The highest BCUT2D eigenvalue weighted by molar-refractivity contribution is 5.89. The molecule has 0 aliphatic heterocycles. The first-order valence-corrected chi connectivity index (χ1v) is 6.48. The Labute approximate surface area is 125 Å². The fourth-order valence-corrected chi connectivity index (χ4v) is 1.83. The van der Waals surface area contributed by atoms with Crippen molar-refractivity contribution in [3.63, 3.8) is 0 Å². The second kappa shape index (κ2) is 6.72. The van der Waals surface area contributed by atoms with Crippen molar-refractivity contribution in [1.82, 2.24) is 5.32 Å². The third-order valence-electron chi connectivity index (χ3n) is 2.99. The first-order chi connectivity index (χ1) is 10.5. The lowest BCUT2D eigenvalue weighted by Crippen LogP contribution is -2.32. The smallest absolute Gasteiger partial charge is 0.319 e. The topological polar surface area (TPSA) is 118 Å². The number of carbonyl (C=O) groups is 1. The maximum atomic E-state index is 11.7. The lowest BCUT2D eigenvalue weighted by Gasteiger charge is -2.11. The molecule has 1 unspecified atom stereocenters. The van der Waals surface area contributed by atoms with E-state index in [1.54, 1.807) is 31.2 Å². The lowest BCUT2D eigenvalue weighted by molar-refractivity contribution is -0.385. The average molecular weight is 305 g/mol. The van der Waals surface area contributed by atoms with Gasteiger partial charge in [-0.2, -0.15) is 0 Å². The summed E-state index contributed by atoms with van der Waals surface area (Å²) in [6.07, 6.45) is 0.456. The van der Waals surface area contributed by atoms with Crippen LogP contribution in [0.15, 0.2) is 41.0 Å². The monoisotopic (exact) mass is 305 g/mol. The Kier molecular flexibility index (Phi) is 4.74.